The van der Waals surface area contributed by atoms with Gasteiger partial charge in [-0.15, -0.1) is 0 Å². The number of carbonyl (C=O) groups excluding carboxylic acids is 2. The Kier molecular flexibility index (Phi) is 4.83. The van der Waals surface area contributed by atoms with Crippen LogP contribution in [0, 0.1) is 5.82 Å². The minimum Gasteiger partial charge on any atom is -0.465 e. The first kappa shape index (κ1) is 20.0. The van der Waals surface area contributed by atoms with E-state index in [4.69, 9.17) is 14.6 Å². The average Bonchev–Trinajstić information content (AvgIpc) is 3.49. The number of nitrogens with zero attached hydrogens (tertiary/aromatic N) is 4. The number of rotatable bonds is 3. The van der Waals surface area contributed by atoms with Crippen molar-refractivity contribution < 1.29 is 37.9 Å². The van der Waals surface area contributed by atoms with Crippen molar-refractivity contribution >= 4 is 35.4 Å². The highest BCUT2D eigenvalue weighted by Gasteiger charge is 2.48. The fourth-order valence-corrected chi connectivity index (χ4v) is 3.55. The summed E-state index contributed by atoms with van der Waals surface area (Å²) in [6, 6.07) is 2.48. The molecule has 0 radical (unpaired) electrons. The summed E-state index contributed by atoms with van der Waals surface area (Å²) in [5.41, 5.74) is -0.280. The van der Waals surface area contributed by atoms with Crippen molar-refractivity contribution in [2.24, 2.45) is 0 Å². The van der Waals surface area contributed by atoms with Gasteiger partial charge < -0.3 is 24.4 Å². The monoisotopic (exact) mass is 421 g/mol. The summed E-state index contributed by atoms with van der Waals surface area (Å²) in [6.45, 7) is 3.92. The second kappa shape index (κ2) is 7.22. The van der Waals surface area contributed by atoms with Crippen molar-refractivity contribution in [3.8, 4) is 0 Å². The molecule has 1 aliphatic carbocycles. The summed E-state index contributed by atoms with van der Waals surface area (Å²) >= 11 is 0. The van der Waals surface area contributed by atoms with Gasteiger partial charge in [-0.3, -0.25) is 0 Å². The molecule has 3 heterocycles. The lowest BCUT2D eigenvalue weighted by atomic mass is 10.2. The molecule has 4 rings (SSSR count). The Morgan fingerprint density at radius 1 is 1.17 bits per heavy atom. The maximum absolute atomic E-state index is 14.5. The van der Waals surface area contributed by atoms with E-state index in [1.807, 2.05) is 0 Å². The highest BCUT2D eigenvalue weighted by atomic mass is 19.1. The number of cyclic esters (lactones) is 2. The van der Waals surface area contributed by atoms with Gasteiger partial charge in [0.05, 0.1) is 0 Å². The molecular formula is C19H22FN4O6+. The molecule has 0 unspecified atom stereocenters. The minimum atomic E-state index is -1.36. The third-order valence-corrected chi connectivity index (χ3v) is 5.13. The maximum atomic E-state index is 14.5. The van der Waals surface area contributed by atoms with Gasteiger partial charge in [0.25, 0.3) is 17.3 Å². The number of pyridine rings is 1. The predicted octanol–water partition coefficient (Wildman–Crippen LogP) is 1.10. The zero-order valence-corrected chi connectivity index (χ0v) is 16.6. The summed E-state index contributed by atoms with van der Waals surface area (Å²) in [6.07, 6.45) is 0.448. The fourth-order valence-electron chi connectivity index (χ4n) is 3.55. The molecule has 2 aliphatic heterocycles. The zero-order valence-electron chi connectivity index (χ0n) is 16.6. The van der Waals surface area contributed by atoms with Gasteiger partial charge in [-0.05, 0) is 23.9 Å². The van der Waals surface area contributed by atoms with Crippen molar-refractivity contribution in [3.63, 3.8) is 0 Å². The molecule has 10 nitrogen and oxygen atoms in total. The molecule has 2 saturated heterocycles. The van der Waals surface area contributed by atoms with E-state index in [1.54, 1.807) is 4.90 Å². The number of carbonyl (C=O) groups is 3. The Morgan fingerprint density at radius 3 is 2.30 bits per heavy atom. The molecule has 0 bridgehead atoms. The number of hydrogen-bond donors (Lipinski definition) is 1. The number of ether oxygens (including phenoxy) is 2. The van der Waals surface area contributed by atoms with Crippen LogP contribution in [0.1, 0.15) is 26.7 Å². The largest absolute Gasteiger partial charge is 0.465 e. The first-order chi connectivity index (χ1) is 14.2. The molecule has 0 atom stereocenters. The van der Waals surface area contributed by atoms with E-state index in [9.17, 15) is 18.8 Å². The van der Waals surface area contributed by atoms with Crippen LogP contribution in [0.25, 0.3) is 0 Å². The van der Waals surface area contributed by atoms with Crippen LogP contribution in [-0.4, -0.2) is 81.3 Å². The SMILES string of the molecule is CC1(C)OC(=O)C(=[N+](c2ccc(F)c(N3CCN(C(=O)O)CC3)n2)C2CC2)C(=O)O1. The minimum absolute atomic E-state index is 0.0432. The van der Waals surface area contributed by atoms with Gasteiger partial charge in [0.15, 0.2) is 5.82 Å². The Hall–Kier alpha value is -3.24. The first-order valence-corrected chi connectivity index (χ1v) is 9.68. The second-order valence-electron chi connectivity index (χ2n) is 7.86. The van der Waals surface area contributed by atoms with Crippen molar-refractivity contribution in [1.29, 1.82) is 0 Å². The average molecular weight is 421 g/mol. The summed E-state index contributed by atoms with van der Waals surface area (Å²) in [4.78, 5) is 43.5. The Bertz CT molecular complexity index is 928. The van der Waals surface area contributed by atoms with Gasteiger partial charge >= 0.3 is 23.8 Å². The van der Waals surface area contributed by atoms with E-state index in [-0.39, 0.29) is 49.6 Å². The van der Waals surface area contributed by atoms with Crippen LogP contribution in [0.3, 0.4) is 0 Å². The lowest BCUT2D eigenvalue weighted by Gasteiger charge is -2.32. The number of halogens is 1. The van der Waals surface area contributed by atoms with Crippen molar-refractivity contribution in [1.82, 2.24) is 9.88 Å². The van der Waals surface area contributed by atoms with E-state index in [2.05, 4.69) is 4.98 Å². The molecule has 0 aromatic carbocycles. The van der Waals surface area contributed by atoms with Crippen molar-refractivity contribution in [2.45, 2.75) is 38.5 Å². The van der Waals surface area contributed by atoms with Gasteiger partial charge in [0.1, 0.15) is 6.04 Å². The van der Waals surface area contributed by atoms with Gasteiger partial charge in [-0.25, -0.2) is 23.3 Å². The number of carboxylic acid groups (broad SMARTS) is 1. The standard InChI is InChI=1S/C19H21FN4O6/c1-19(2)29-16(25)14(17(26)30-19)24(11-3-4-11)13-6-5-12(20)15(21-13)22-7-9-23(10-8-22)18(27)28/h5-6,11H,3-4,7-10H2,1-2H3/p+1. The highest BCUT2D eigenvalue weighted by Crippen LogP contribution is 2.32. The Labute approximate surface area is 171 Å². The number of aromatic nitrogens is 1. The molecule has 1 amide bonds. The summed E-state index contributed by atoms with van der Waals surface area (Å²) in [7, 11) is 0. The molecular weight excluding hydrogens is 399 g/mol. The fraction of sp³-hybridized carbons (Fsp3) is 0.526. The number of amides is 1. The third kappa shape index (κ3) is 3.79. The number of hydrogen-bond acceptors (Lipinski definition) is 7. The normalized spacial score (nSPS) is 21.2. The maximum Gasteiger partial charge on any atom is 0.407 e. The Balaban J connectivity index is 1.69. The van der Waals surface area contributed by atoms with E-state index in [1.165, 1.54) is 35.5 Å². The van der Waals surface area contributed by atoms with Crippen LogP contribution >= 0.6 is 0 Å². The summed E-state index contributed by atoms with van der Waals surface area (Å²) < 4.78 is 26.4. The molecule has 0 spiro atoms. The number of anilines is 1. The van der Waals surface area contributed by atoms with Crippen molar-refractivity contribution in [3.05, 3.63) is 17.9 Å². The molecule has 1 N–H and O–H groups in total. The number of esters is 2. The predicted molar refractivity (Wildman–Crippen MR) is 100 cm³/mol. The number of piperazine rings is 1. The summed E-state index contributed by atoms with van der Waals surface area (Å²) in [5, 5.41) is 9.09. The zero-order chi connectivity index (χ0) is 21.6. The van der Waals surface area contributed by atoms with Crippen LogP contribution in [0.15, 0.2) is 12.1 Å². The molecule has 11 heteroatoms. The molecule has 1 aromatic heterocycles. The molecule has 3 aliphatic rings. The second-order valence-corrected chi connectivity index (χ2v) is 7.86. The van der Waals surface area contributed by atoms with E-state index in [0.29, 0.717) is 0 Å². The lowest BCUT2D eigenvalue weighted by molar-refractivity contribution is -0.460. The molecule has 30 heavy (non-hydrogen) atoms. The van der Waals surface area contributed by atoms with E-state index < -0.39 is 29.6 Å². The van der Waals surface area contributed by atoms with Gasteiger partial charge in [0.2, 0.25) is 0 Å². The first-order valence-electron chi connectivity index (χ1n) is 9.68. The quantitative estimate of drug-likeness (QED) is 0.571. The smallest absolute Gasteiger partial charge is 0.407 e. The van der Waals surface area contributed by atoms with E-state index in [0.717, 1.165) is 12.8 Å². The van der Waals surface area contributed by atoms with Gasteiger partial charge in [-0.2, -0.15) is 0 Å². The molecule has 3 fully saturated rings. The third-order valence-electron chi connectivity index (χ3n) is 5.13. The molecule has 1 aromatic rings. The lowest BCUT2D eigenvalue weighted by Crippen LogP contribution is -2.50. The molecule has 1 saturated carbocycles. The van der Waals surface area contributed by atoms with Crippen LogP contribution in [0.5, 0.6) is 0 Å². The summed E-state index contributed by atoms with van der Waals surface area (Å²) in [5.74, 6) is -3.28. The van der Waals surface area contributed by atoms with Crippen LogP contribution in [-0.2, 0) is 19.1 Å². The topological polar surface area (TPSA) is 112 Å². The molecule has 160 valence electrons. The van der Waals surface area contributed by atoms with Gasteiger partial charge in [-0.1, -0.05) is 0 Å². The van der Waals surface area contributed by atoms with Crippen molar-refractivity contribution in [2.75, 3.05) is 31.1 Å². The van der Waals surface area contributed by atoms with Gasteiger partial charge in [0, 0.05) is 46.1 Å². The Morgan fingerprint density at radius 2 is 1.77 bits per heavy atom. The van der Waals surface area contributed by atoms with E-state index >= 15 is 0 Å². The highest BCUT2D eigenvalue weighted by molar-refractivity contribution is 6.61. The van der Waals surface area contributed by atoms with Crippen LogP contribution in [0.2, 0.25) is 0 Å². The van der Waals surface area contributed by atoms with Crippen LogP contribution < -0.4 is 4.90 Å². The van der Waals surface area contributed by atoms with Crippen LogP contribution in [0.4, 0.5) is 20.8 Å².